The van der Waals surface area contributed by atoms with Gasteiger partial charge in [-0.15, -0.1) is 10.1 Å². The minimum Gasteiger partial charge on any atom is -0.462 e. The van der Waals surface area contributed by atoms with E-state index in [4.69, 9.17) is 19.1 Å². The molecule has 2 aliphatic heterocycles. The van der Waals surface area contributed by atoms with Crippen molar-refractivity contribution >= 4 is 23.9 Å². The fourth-order valence-corrected chi connectivity index (χ4v) is 5.96. The summed E-state index contributed by atoms with van der Waals surface area (Å²) in [5.74, 6) is -1.72. The van der Waals surface area contributed by atoms with Crippen molar-refractivity contribution in [3.8, 4) is 0 Å². The molecule has 0 N–H and O–H groups in total. The summed E-state index contributed by atoms with van der Waals surface area (Å²) < 4.78 is 11.4. The van der Waals surface area contributed by atoms with Crippen LogP contribution in [0.25, 0.3) is 0 Å². The van der Waals surface area contributed by atoms with Crippen molar-refractivity contribution in [2.45, 2.75) is 142 Å². The van der Waals surface area contributed by atoms with Crippen molar-refractivity contribution in [1.82, 2.24) is 10.1 Å². The first kappa shape index (κ1) is 30.0. The van der Waals surface area contributed by atoms with Crippen molar-refractivity contribution in [2.24, 2.45) is 0 Å². The van der Waals surface area contributed by atoms with Crippen LogP contribution in [0.1, 0.15) is 108 Å². The summed E-state index contributed by atoms with van der Waals surface area (Å²) in [5, 5.41) is 3.36. The van der Waals surface area contributed by atoms with Gasteiger partial charge in [-0.25, -0.2) is 0 Å². The maximum absolute atomic E-state index is 12.6. The predicted molar refractivity (Wildman–Crippen MR) is 131 cm³/mol. The number of carbonyl (C=O) groups is 4. The van der Waals surface area contributed by atoms with E-state index in [0.29, 0.717) is 25.7 Å². The molecule has 10 heteroatoms. The lowest BCUT2D eigenvalue weighted by Gasteiger charge is -2.52. The summed E-state index contributed by atoms with van der Waals surface area (Å²) in [6, 6.07) is 0. The lowest BCUT2D eigenvalue weighted by atomic mass is 9.80. The van der Waals surface area contributed by atoms with Crippen molar-refractivity contribution in [1.29, 1.82) is 0 Å². The molecule has 0 radical (unpaired) electrons. The smallest absolute Gasteiger partial charge is 0.322 e. The van der Waals surface area contributed by atoms with Crippen LogP contribution in [0.15, 0.2) is 0 Å². The third kappa shape index (κ3) is 7.65. The van der Waals surface area contributed by atoms with E-state index < -0.39 is 46.0 Å². The molecule has 0 unspecified atom stereocenters. The quantitative estimate of drug-likeness (QED) is 0.466. The van der Waals surface area contributed by atoms with E-state index in [-0.39, 0.29) is 25.0 Å². The van der Waals surface area contributed by atoms with E-state index in [0.717, 1.165) is 0 Å². The third-order valence-corrected chi connectivity index (χ3v) is 6.68. The Morgan fingerprint density at radius 2 is 0.833 bits per heavy atom. The molecule has 0 aromatic rings. The zero-order valence-corrected chi connectivity index (χ0v) is 23.6. The van der Waals surface area contributed by atoms with Crippen LogP contribution < -0.4 is 0 Å². The Hall–Kier alpha value is -2.20. The van der Waals surface area contributed by atoms with Gasteiger partial charge in [0.25, 0.3) is 0 Å². The zero-order chi connectivity index (χ0) is 27.7. The standard InChI is InChI=1S/C26H44N2O8/c1-17(29)35-27-23(3,4)13-19(14-24(27,5)6)33-21(31)11-12-22(32)34-20-15-25(7,8)28(36-18(2)30)26(9,10)16-20/h19-20H,11-16H2,1-10H3. The lowest BCUT2D eigenvalue weighted by molar-refractivity contribution is -0.276. The first-order chi connectivity index (χ1) is 16.2. The summed E-state index contributed by atoms with van der Waals surface area (Å²) in [7, 11) is 0. The predicted octanol–water partition coefficient (Wildman–Crippen LogP) is 3.85. The Bertz CT molecular complexity index is 758. The molecule has 0 aromatic heterocycles. The van der Waals surface area contributed by atoms with E-state index in [1.165, 1.54) is 13.8 Å². The van der Waals surface area contributed by atoms with Gasteiger partial charge in [0, 0.05) is 39.5 Å². The number of hydroxylamine groups is 4. The molecule has 206 valence electrons. The monoisotopic (exact) mass is 512 g/mol. The number of nitrogens with zero attached hydrogens (tertiary/aromatic N) is 2. The number of esters is 2. The molecule has 36 heavy (non-hydrogen) atoms. The van der Waals surface area contributed by atoms with E-state index in [9.17, 15) is 19.2 Å². The first-order valence-corrected chi connectivity index (χ1v) is 12.6. The van der Waals surface area contributed by atoms with Gasteiger partial charge in [-0.05, 0) is 55.4 Å². The largest absolute Gasteiger partial charge is 0.462 e. The summed E-state index contributed by atoms with van der Waals surface area (Å²) in [5.41, 5.74) is -2.12. The summed E-state index contributed by atoms with van der Waals surface area (Å²) >= 11 is 0. The molecular weight excluding hydrogens is 468 g/mol. The molecule has 0 aromatic carbocycles. The topological polar surface area (TPSA) is 112 Å². The maximum atomic E-state index is 12.6. The molecule has 2 rings (SSSR count). The maximum Gasteiger partial charge on any atom is 0.322 e. The van der Waals surface area contributed by atoms with Crippen LogP contribution in [0.4, 0.5) is 0 Å². The number of hydrogen-bond acceptors (Lipinski definition) is 10. The molecule has 0 amide bonds. The summed E-state index contributed by atoms with van der Waals surface area (Å²) in [6.45, 7) is 18.2. The molecule has 0 bridgehead atoms. The fourth-order valence-electron chi connectivity index (χ4n) is 5.96. The number of ether oxygens (including phenoxy) is 2. The van der Waals surface area contributed by atoms with Crippen LogP contribution in [0.5, 0.6) is 0 Å². The van der Waals surface area contributed by atoms with Gasteiger partial charge in [-0.1, -0.05) is 0 Å². The molecular formula is C26H44N2O8. The normalized spacial score (nSPS) is 23.9. The molecule has 0 saturated carbocycles. The lowest BCUT2D eigenvalue weighted by Crippen LogP contribution is -2.62. The number of carbonyl (C=O) groups excluding carboxylic acids is 4. The summed E-state index contributed by atoms with van der Waals surface area (Å²) in [4.78, 5) is 59.1. The van der Waals surface area contributed by atoms with Crippen LogP contribution >= 0.6 is 0 Å². The molecule has 10 nitrogen and oxygen atoms in total. The number of hydrogen-bond donors (Lipinski definition) is 0. The number of piperidine rings is 2. The van der Waals surface area contributed by atoms with Gasteiger partial charge >= 0.3 is 23.9 Å². The van der Waals surface area contributed by atoms with Crippen LogP contribution in [0, 0.1) is 0 Å². The zero-order valence-electron chi connectivity index (χ0n) is 23.6. The minimum atomic E-state index is -0.530. The van der Waals surface area contributed by atoms with E-state index in [1.807, 2.05) is 55.4 Å². The highest BCUT2D eigenvalue weighted by atomic mass is 16.7. The van der Waals surface area contributed by atoms with Gasteiger partial charge in [0.2, 0.25) is 0 Å². The molecule has 0 aliphatic carbocycles. The summed E-state index contributed by atoms with van der Waals surface area (Å²) in [6.07, 6.45) is 1.08. The van der Waals surface area contributed by atoms with Gasteiger partial charge < -0.3 is 19.1 Å². The van der Waals surface area contributed by atoms with Crippen LogP contribution in [0.2, 0.25) is 0 Å². The van der Waals surface area contributed by atoms with Crippen LogP contribution in [-0.2, 0) is 38.3 Å². The van der Waals surface area contributed by atoms with Gasteiger partial charge in [0.1, 0.15) is 12.2 Å². The molecule has 2 saturated heterocycles. The fraction of sp³-hybridized carbons (Fsp3) is 0.846. The van der Waals surface area contributed by atoms with Crippen molar-refractivity contribution in [2.75, 3.05) is 0 Å². The second-order valence-electron chi connectivity index (χ2n) is 12.5. The highest BCUT2D eigenvalue weighted by Crippen LogP contribution is 2.41. The number of rotatable bonds is 7. The van der Waals surface area contributed by atoms with E-state index in [1.54, 1.807) is 10.1 Å². The highest BCUT2D eigenvalue weighted by Gasteiger charge is 2.50. The van der Waals surface area contributed by atoms with E-state index in [2.05, 4.69) is 0 Å². The van der Waals surface area contributed by atoms with Crippen molar-refractivity contribution in [3.05, 3.63) is 0 Å². The van der Waals surface area contributed by atoms with E-state index >= 15 is 0 Å². The Kier molecular flexibility index (Phi) is 8.89. The SMILES string of the molecule is CC(=O)ON1C(C)(C)CC(OC(=O)CCC(=O)OC2CC(C)(C)N(OC(C)=O)C(C)(C)C2)CC1(C)C. The van der Waals surface area contributed by atoms with Crippen LogP contribution in [-0.4, -0.2) is 68.4 Å². The van der Waals surface area contributed by atoms with Gasteiger partial charge in [0.15, 0.2) is 0 Å². The van der Waals surface area contributed by atoms with Crippen molar-refractivity contribution in [3.63, 3.8) is 0 Å². The van der Waals surface area contributed by atoms with Gasteiger partial charge in [-0.3, -0.25) is 19.2 Å². The Labute approximate surface area is 214 Å². The second kappa shape index (κ2) is 10.7. The Balaban J connectivity index is 1.89. The Morgan fingerprint density at radius 1 is 0.583 bits per heavy atom. The van der Waals surface area contributed by atoms with Crippen LogP contribution in [0.3, 0.4) is 0 Å². The minimum absolute atomic E-state index is 0.0804. The second-order valence-corrected chi connectivity index (χ2v) is 12.5. The molecule has 2 fully saturated rings. The molecule has 2 heterocycles. The van der Waals surface area contributed by atoms with Gasteiger partial charge in [0.05, 0.1) is 35.0 Å². The third-order valence-electron chi connectivity index (χ3n) is 6.68. The first-order valence-electron chi connectivity index (χ1n) is 12.6. The molecule has 0 atom stereocenters. The average Bonchev–Trinajstić information content (AvgIpc) is 2.64. The molecule has 2 aliphatic rings. The average molecular weight is 513 g/mol. The highest BCUT2D eigenvalue weighted by molar-refractivity contribution is 5.77. The Morgan fingerprint density at radius 3 is 1.06 bits per heavy atom. The van der Waals surface area contributed by atoms with Gasteiger partial charge in [-0.2, -0.15) is 0 Å². The van der Waals surface area contributed by atoms with Crippen molar-refractivity contribution < 1.29 is 38.3 Å². The molecule has 0 spiro atoms.